The third-order valence-corrected chi connectivity index (χ3v) is 4.50. The first-order valence-corrected chi connectivity index (χ1v) is 8.26. The molecule has 1 heterocycles. The predicted molar refractivity (Wildman–Crippen MR) is 96.1 cm³/mol. The van der Waals surface area contributed by atoms with E-state index in [0.717, 1.165) is 31.2 Å². The Balaban J connectivity index is 0.00000208. The van der Waals surface area contributed by atoms with Crippen LogP contribution in [0.15, 0.2) is 40.9 Å². The molecule has 3 rings (SSSR count). The lowest BCUT2D eigenvalue weighted by atomic mass is 9.91. The van der Waals surface area contributed by atoms with Gasteiger partial charge in [0.1, 0.15) is 5.69 Å². The molecular formula is C18H24ClN3O2. The van der Waals surface area contributed by atoms with Gasteiger partial charge < -0.3 is 15.6 Å². The van der Waals surface area contributed by atoms with Crippen LogP contribution in [0, 0.1) is 0 Å². The minimum atomic E-state index is -0.297. The maximum atomic E-state index is 12.3. The number of halogens is 1. The molecular weight excluding hydrogens is 326 g/mol. The van der Waals surface area contributed by atoms with E-state index in [1.54, 1.807) is 6.07 Å². The number of nitrogens with zero attached hydrogens (tertiary/aromatic N) is 1. The summed E-state index contributed by atoms with van der Waals surface area (Å²) in [5, 5.41) is 6.87. The van der Waals surface area contributed by atoms with Gasteiger partial charge in [-0.05, 0) is 12.8 Å². The van der Waals surface area contributed by atoms with E-state index in [2.05, 4.69) is 10.5 Å². The molecule has 6 heteroatoms. The van der Waals surface area contributed by atoms with E-state index >= 15 is 0 Å². The summed E-state index contributed by atoms with van der Waals surface area (Å²) in [5.41, 5.74) is 7.71. The number of rotatable bonds is 4. The Hall–Kier alpha value is -1.85. The molecule has 0 saturated heterocycles. The Morgan fingerprint density at radius 1 is 1.17 bits per heavy atom. The van der Waals surface area contributed by atoms with Crippen LogP contribution in [0.3, 0.4) is 0 Å². The van der Waals surface area contributed by atoms with E-state index in [9.17, 15) is 4.79 Å². The van der Waals surface area contributed by atoms with Crippen molar-refractivity contribution >= 4 is 18.3 Å². The maximum Gasteiger partial charge on any atom is 0.289 e. The largest absolute Gasteiger partial charge is 0.350 e. The molecule has 1 amide bonds. The molecule has 0 atom stereocenters. The fourth-order valence-corrected chi connectivity index (χ4v) is 3.08. The molecule has 5 nitrogen and oxygen atoms in total. The molecule has 0 radical (unpaired) electrons. The molecule has 0 bridgehead atoms. The first-order chi connectivity index (χ1) is 11.2. The van der Waals surface area contributed by atoms with Crippen molar-refractivity contribution in [2.75, 3.05) is 6.54 Å². The highest BCUT2D eigenvalue weighted by molar-refractivity contribution is 5.92. The number of carbonyl (C=O) groups excluding carboxylic acids is 1. The average Bonchev–Trinajstić information content (AvgIpc) is 2.97. The summed E-state index contributed by atoms with van der Waals surface area (Å²) in [5.74, 6) is -0.0326. The number of carbonyl (C=O) groups is 1. The number of hydrogen-bond donors (Lipinski definition) is 2. The average molecular weight is 350 g/mol. The lowest BCUT2D eigenvalue weighted by Crippen LogP contribution is -2.49. The molecule has 24 heavy (non-hydrogen) atoms. The van der Waals surface area contributed by atoms with Crippen molar-refractivity contribution in [3.05, 3.63) is 42.2 Å². The predicted octanol–water partition coefficient (Wildman–Crippen LogP) is 3.54. The minimum absolute atomic E-state index is 0. The van der Waals surface area contributed by atoms with Gasteiger partial charge in [-0.15, -0.1) is 12.4 Å². The molecule has 1 aliphatic rings. The van der Waals surface area contributed by atoms with Gasteiger partial charge in [-0.25, -0.2) is 0 Å². The number of nitrogens with one attached hydrogen (secondary N) is 1. The zero-order valence-electron chi connectivity index (χ0n) is 13.7. The van der Waals surface area contributed by atoms with Gasteiger partial charge in [0.15, 0.2) is 0 Å². The fraction of sp³-hybridized carbons (Fsp3) is 0.444. The van der Waals surface area contributed by atoms with E-state index in [0.29, 0.717) is 12.2 Å². The summed E-state index contributed by atoms with van der Waals surface area (Å²) in [6.07, 6.45) is 6.64. The second-order valence-electron chi connectivity index (χ2n) is 6.40. The molecule has 1 saturated carbocycles. The van der Waals surface area contributed by atoms with Crippen molar-refractivity contribution in [2.45, 2.75) is 44.1 Å². The maximum absolute atomic E-state index is 12.3. The normalized spacial score (nSPS) is 16.7. The van der Waals surface area contributed by atoms with Crippen LogP contribution in [0.2, 0.25) is 0 Å². The smallest absolute Gasteiger partial charge is 0.289 e. The van der Waals surface area contributed by atoms with Crippen molar-refractivity contribution in [1.82, 2.24) is 10.5 Å². The second kappa shape index (κ2) is 8.31. The molecule has 3 N–H and O–H groups in total. The second-order valence-corrected chi connectivity index (χ2v) is 6.40. The Morgan fingerprint density at radius 2 is 1.83 bits per heavy atom. The highest BCUT2D eigenvalue weighted by Gasteiger charge is 2.27. The third kappa shape index (κ3) is 4.58. The molecule has 0 aliphatic heterocycles. The van der Waals surface area contributed by atoms with Crippen molar-refractivity contribution in [1.29, 1.82) is 0 Å². The van der Waals surface area contributed by atoms with Crippen LogP contribution in [0.4, 0.5) is 0 Å². The standard InChI is InChI=1S/C18H23N3O2.ClH/c19-18(10-6-1-2-7-11-18)13-20-17(22)16-12-15(21-23-16)14-8-4-3-5-9-14;/h3-5,8-9,12H,1-2,6-7,10-11,13,19H2,(H,20,22);1H. The molecule has 1 fully saturated rings. The Labute approximate surface area is 148 Å². The van der Waals surface area contributed by atoms with E-state index in [4.69, 9.17) is 10.3 Å². The summed E-state index contributed by atoms with van der Waals surface area (Å²) in [6.45, 7) is 0.479. The highest BCUT2D eigenvalue weighted by atomic mass is 35.5. The van der Waals surface area contributed by atoms with Gasteiger partial charge in [-0.1, -0.05) is 61.2 Å². The van der Waals surface area contributed by atoms with Crippen LogP contribution >= 0.6 is 12.4 Å². The van der Waals surface area contributed by atoms with Crippen molar-refractivity contribution in [2.24, 2.45) is 5.73 Å². The Kier molecular flexibility index (Phi) is 6.40. The van der Waals surface area contributed by atoms with Crippen molar-refractivity contribution in [3.63, 3.8) is 0 Å². The summed E-state index contributed by atoms with van der Waals surface area (Å²) in [7, 11) is 0. The molecule has 1 aromatic heterocycles. The summed E-state index contributed by atoms with van der Waals surface area (Å²) in [4.78, 5) is 12.3. The van der Waals surface area contributed by atoms with Gasteiger partial charge >= 0.3 is 0 Å². The quantitative estimate of drug-likeness (QED) is 0.827. The minimum Gasteiger partial charge on any atom is -0.350 e. The number of hydrogen-bond acceptors (Lipinski definition) is 4. The Morgan fingerprint density at radius 3 is 2.50 bits per heavy atom. The lowest BCUT2D eigenvalue weighted by Gasteiger charge is -2.27. The molecule has 0 unspecified atom stereocenters. The summed E-state index contributed by atoms with van der Waals surface area (Å²) >= 11 is 0. The summed E-state index contributed by atoms with van der Waals surface area (Å²) in [6, 6.07) is 11.3. The van der Waals surface area contributed by atoms with Crippen LogP contribution in [0.5, 0.6) is 0 Å². The fourth-order valence-electron chi connectivity index (χ4n) is 3.08. The van der Waals surface area contributed by atoms with Crippen LogP contribution in [0.25, 0.3) is 11.3 Å². The van der Waals surface area contributed by atoms with E-state index < -0.39 is 0 Å². The first-order valence-electron chi connectivity index (χ1n) is 8.26. The van der Waals surface area contributed by atoms with Crippen LogP contribution < -0.4 is 11.1 Å². The molecule has 0 spiro atoms. The van der Waals surface area contributed by atoms with Gasteiger partial charge in [0.25, 0.3) is 5.91 Å². The number of benzene rings is 1. The third-order valence-electron chi connectivity index (χ3n) is 4.50. The number of amides is 1. The van der Waals surface area contributed by atoms with Crippen LogP contribution in [-0.4, -0.2) is 23.1 Å². The molecule has 1 aliphatic carbocycles. The SMILES string of the molecule is Cl.NC1(CNC(=O)c2cc(-c3ccccc3)no2)CCCCCC1. The molecule has 130 valence electrons. The van der Waals surface area contributed by atoms with Crippen molar-refractivity contribution in [3.8, 4) is 11.3 Å². The highest BCUT2D eigenvalue weighted by Crippen LogP contribution is 2.24. The van der Waals surface area contributed by atoms with Gasteiger partial charge in [-0.3, -0.25) is 4.79 Å². The van der Waals surface area contributed by atoms with Gasteiger partial charge in [0, 0.05) is 23.7 Å². The van der Waals surface area contributed by atoms with Gasteiger partial charge in [0.2, 0.25) is 5.76 Å². The molecule has 1 aromatic carbocycles. The monoisotopic (exact) mass is 349 g/mol. The first kappa shape index (κ1) is 18.5. The summed E-state index contributed by atoms with van der Waals surface area (Å²) < 4.78 is 5.18. The van der Waals surface area contributed by atoms with E-state index in [1.807, 2.05) is 30.3 Å². The van der Waals surface area contributed by atoms with E-state index in [1.165, 1.54) is 12.8 Å². The lowest BCUT2D eigenvalue weighted by molar-refractivity contribution is 0.0904. The zero-order valence-corrected chi connectivity index (χ0v) is 14.5. The number of nitrogens with two attached hydrogens (primary N) is 1. The van der Waals surface area contributed by atoms with Gasteiger partial charge in [-0.2, -0.15) is 0 Å². The molecule has 2 aromatic rings. The van der Waals surface area contributed by atoms with Crippen molar-refractivity contribution < 1.29 is 9.32 Å². The number of aromatic nitrogens is 1. The van der Waals surface area contributed by atoms with Crippen LogP contribution in [0.1, 0.15) is 49.1 Å². The van der Waals surface area contributed by atoms with Gasteiger partial charge in [0.05, 0.1) is 0 Å². The van der Waals surface area contributed by atoms with E-state index in [-0.39, 0.29) is 29.6 Å². The zero-order chi connectivity index (χ0) is 16.1. The topological polar surface area (TPSA) is 81.1 Å². The Bertz CT molecular complexity index is 649. The van der Waals surface area contributed by atoms with Crippen LogP contribution in [-0.2, 0) is 0 Å².